The van der Waals surface area contributed by atoms with E-state index in [1.807, 2.05) is 4.40 Å². The summed E-state index contributed by atoms with van der Waals surface area (Å²) in [5.41, 5.74) is 3.78. The summed E-state index contributed by atoms with van der Waals surface area (Å²) in [5.74, 6) is 0.793. The average molecular weight is 337 g/mol. The molecular weight excluding hydrogens is 316 g/mol. The minimum absolute atomic E-state index is 0. The highest BCUT2D eigenvalue weighted by Gasteiger charge is 2.24. The van der Waals surface area contributed by atoms with Crippen LogP contribution in [0.5, 0.6) is 0 Å². The molecule has 1 aliphatic rings. The van der Waals surface area contributed by atoms with Crippen molar-refractivity contribution in [2.75, 3.05) is 39.2 Å². The van der Waals surface area contributed by atoms with Crippen molar-refractivity contribution in [3.63, 3.8) is 0 Å². The van der Waals surface area contributed by atoms with E-state index in [-0.39, 0.29) is 12.4 Å². The molecular formula is C15H21ClN6O. The standard InChI is InChI=1S/C15H20N6O.ClH/c1-20-6-4-11-12(8-16)14(17-5-3-7-22-2)21-10-18-19-15(21)13(11)9-20;/h10,17H,3-7,9H2,1-2H3;1H. The number of hydrogen-bond acceptors (Lipinski definition) is 6. The molecule has 2 aromatic rings. The SMILES string of the molecule is COCCCNc1c(C#N)c2c(c3nncn13)CN(C)CC2.Cl. The molecule has 0 bridgehead atoms. The zero-order chi connectivity index (χ0) is 15.5. The van der Waals surface area contributed by atoms with Crippen molar-refractivity contribution < 1.29 is 4.74 Å². The number of methoxy groups -OCH3 is 1. The molecule has 0 saturated carbocycles. The molecule has 0 fully saturated rings. The highest BCUT2D eigenvalue weighted by molar-refractivity contribution is 5.85. The number of likely N-dealkylation sites (N-methyl/N-ethyl adjacent to an activating group) is 1. The molecule has 0 unspecified atom stereocenters. The van der Waals surface area contributed by atoms with Gasteiger partial charge in [-0.15, -0.1) is 22.6 Å². The Labute approximate surface area is 141 Å². The first-order chi connectivity index (χ1) is 10.8. The lowest BCUT2D eigenvalue weighted by molar-refractivity contribution is 0.197. The molecule has 0 radical (unpaired) electrons. The van der Waals surface area contributed by atoms with Crippen molar-refractivity contribution >= 4 is 23.9 Å². The van der Waals surface area contributed by atoms with E-state index in [1.54, 1.807) is 13.4 Å². The molecule has 7 nitrogen and oxygen atoms in total. The number of fused-ring (bicyclic) bond motifs is 3. The van der Waals surface area contributed by atoms with Gasteiger partial charge in [0, 0.05) is 38.9 Å². The molecule has 8 heteroatoms. The summed E-state index contributed by atoms with van der Waals surface area (Å²) in [7, 11) is 3.77. The topological polar surface area (TPSA) is 78.5 Å². The van der Waals surface area contributed by atoms with E-state index in [2.05, 4.69) is 33.5 Å². The van der Waals surface area contributed by atoms with Gasteiger partial charge in [-0.3, -0.25) is 4.40 Å². The normalized spacial score (nSPS) is 14.1. The van der Waals surface area contributed by atoms with Gasteiger partial charge in [0.15, 0.2) is 5.65 Å². The van der Waals surface area contributed by atoms with Gasteiger partial charge < -0.3 is 15.0 Å². The fraction of sp³-hybridized carbons (Fsp3) is 0.533. The lowest BCUT2D eigenvalue weighted by atomic mass is 9.96. The van der Waals surface area contributed by atoms with Gasteiger partial charge in [0.2, 0.25) is 0 Å². The van der Waals surface area contributed by atoms with E-state index in [0.29, 0.717) is 12.2 Å². The third kappa shape index (κ3) is 3.24. The van der Waals surface area contributed by atoms with Crippen LogP contribution in [0.25, 0.3) is 5.65 Å². The molecule has 0 aromatic carbocycles. The largest absolute Gasteiger partial charge is 0.385 e. The molecule has 3 rings (SSSR count). The second-order valence-electron chi connectivity index (χ2n) is 5.58. The number of rotatable bonds is 5. The number of nitrogens with one attached hydrogen (secondary N) is 1. The molecule has 0 saturated heterocycles. The number of nitriles is 1. The van der Waals surface area contributed by atoms with Gasteiger partial charge in [-0.2, -0.15) is 5.26 Å². The fourth-order valence-electron chi connectivity index (χ4n) is 2.96. The Balaban J connectivity index is 0.00000192. The van der Waals surface area contributed by atoms with Gasteiger partial charge >= 0.3 is 0 Å². The highest BCUT2D eigenvalue weighted by atomic mass is 35.5. The molecule has 0 amide bonds. The number of nitrogens with zero attached hydrogens (tertiary/aromatic N) is 5. The average Bonchev–Trinajstić information content (AvgIpc) is 3.01. The van der Waals surface area contributed by atoms with Crippen LogP contribution in [0.1, 0.15) is 23.1 Å². The minimum Gasteiger partial charge on any atom is -0.385 e. The Morgan fingerprint density at radius 1 is 1.43 bits per heavy atom. The molecule has 3 heterocycles. The van der Waals surface area contributed by atoms with E-state index in [1.165, 1.54) is 0 Å². The number of hydrogen-bond donors (Lipinski definition) is 1. The lowest BCUT2D eigenvalue weighted by Gasteiger charge is -2.27. The highest BCUT2D eigenvalue weighted by Crippen LogP contribution is 2.30. The van der Waals surface area contributed by atoms with Crippen molar-refractivity contribution in [2.45, 2.75) is 19.4 Å². The molecule has 0 atom stereocenters. The van der Waals surface area contributed by atoms with Crippen LogP contribution in [0.3, 0.4) is 0 Å². The zero-order valence-corrected chi connectivity index (χ0v) is 14.2. The predicted octanol–water partition coefficient (Wildman–Crippen LogP) is 1.46. The quantitative estimate of drug-likeness (QED) is 0.833. The summed E-state index contributed by atoms with van der Waals surface area (Å²) in [6, 6.07) is 2.37. The third-order valence-corrected chi connectivity index (χ3v) is 4.06. The summed E-state index contributed by atoms with van der Waals surface area (Å²) >= 11 is 0. The van der Waals surface area contributed by atoms with Crippen molar-refractivity contribution in [3.8, 4) is 6.07 Å². The maximum Gasteiger partial charge on any atom is 0.167 e. The fourth-order valence-corrected chi connectivity index (χ4v) is 2.96. The monoisotopic (exact) mass is 336 g/mol. The van der Waals surface area contributed by atoms with Crippen LogP contribution in [0.2, 0.25) is 0 Å². The molecule has 23 heavy (non-hydrogen) atoms. The molecule has 2 aromatic heterocycles. The second kappa shape index (κ2) is 7.59. The third-order valence-electron chi connectivity index (χ3n) is 4.06. The summed E-state index contributed by atoms with van der Waals surface area (Å²) < 4.78 is 6.96. The van der Waals surface area contributed by atoms with Gasteiger partial charge in [-0.05, 0) is 25.5 Å². The first kappa shape index (κ1) is 17.5. The number of halogens is 1. The Morgan fingerprint density at radius 2 is 2.26 bits per heavy atom. The smallest absolute Gasteiger partial charge is 0.167 e. The van der Waals surface area contributed by atoms with E-state index < -0.39 is 0 Å². The van der Waals surface area contributed by atoms with Crippen LogP contribution < -0.4 is 5.32 Å². The second-order valence-corrected chi connectivity index (χ2v) is 5.58. The van der Waals surface area contributed by atoms with E-state index in [4.69, 9.17) is 4.74 Å². The van der Waals surface area contributed by atoms with Crippen LogP contribution in [0.4, 0.5) is 5.82 Å². The molecule has 0 spiro atoms. The molecule has 0 aliphatic carbocycles. The van der Waals surface area contributed by atoms with Crippen LogP contribution in [0, 0.1) is 11.3 Å². The number of pyridine rings is 1. The molecule has 124 valence electrons. The predicted molar refractivity (Wildman–Crippen MR) is 90.0 cm³/mol. The Morgan fingerprint density at radius 3 is 3.00 bits per heavy atom. The first-order valence-corrected chi connectivity index (χ1v) is 7.45. The van der Waals surface area contributed by atoms with Crippen LogP contribution in [0.15, 0.2) is 6.33 Å². The van der Waals surface area contributed by atoms with Gasteiger partial charge in [0.05, 0.1) is 5.56 Å². The van der Waals surface area contributed by atoms with E-state index in [9.17, 15) is 5.26 Å². The van der Waals surface area contributed by atoms with Crippen molar-refractivity contribution in [2.24, 2.45) is 0 Å². The molecule has 1 N–H and O–H groups in total. The summed E-state index contributed by atoms with van der Waals surface area (Å²) in [6.07, 6.45) is 3.42. The van der Waals surface area contributed by atoms with Gasteiger partial charge in [0.25, 0.3) is 0 Å². The summed E-state index contributed by atoms with van der Waals surface area (Å²) in [6.45, 7) is 3.19. The van der Waals surface area contributed by atoms with Gasteiger partial charge in [0.1, 0.15) is 18.2 Å². The van der Waals surface area contributed by atoms with E-state index >= 15 is 0 Å². The zero-order valence-electron chi connectivity index (χ0n) is 13.4. The molecule has 1 aliphatic heterocycles. The van der Waals surface area contributed by atoms with Gasteiger partial charge in [-0.25, -0.2) is 0 Å². The Bertz CT molecular complexity index is 723. The maximum atomic E-state index is 9.66. The number of ether oxygens (including phenoxy) is 1. The van der Waals surface area contributed by atoms with Crippen LogP contribution in [-0.2, 0) is 17.7 Å². The Hall–Kier alpha value is -1.88. The van der Waals surface area contributed by atoms with Crippen LogP contribution >= 0.6 is 12.4 Å². The minimum atomic E-state index is 0. The summed E-state index contributed by atoms with van der Waals surface area (Å²) in [4.78, 5) is 2.24. The first-order valence-electron chi connectivity index (χ1n) is 7.45. The lowest BCUT2D eigenvalue weighted by Crippen LogP contribution is -2.28. The maximum absolute atomic E-state index is 9.66. The Kier molecular flexibility index (Phi) is 5.77. The number of aromatic nitrogens is 3. The van der Waals surface area contributed by atoms with Gasteiger partial charge in [-0.1, -0.05) is 0 Å². The summed E-state index contributed by atoms with van der Waals surface area (Å²) in [5, 5.41) is 21.3. The van der Waals surface area contributed by atoms with Crippen molar-refractivity contribution in [1.29, 1.82) is 5.26 Å². The van der Waals surface area contributed by atoms with Crippen molar-refractivity contribution in [3.05, 3.63) is 23.0 Å². The van der Waals surface area contributed by atoms with Crippen molar-refractivity contribution in [1.82, 2.24) is 19.5 Å². The van der Waals surface area contributed by atoms with Crippen LogP contribution in [-0.4, -0.2) is 53.4 Å². The number of anilines is 1. The van der Waals surface area contributed by atoms with E-state index in [0.717, 1.165) is 55.1 Å².